The Kier molecular flexibility index (Phi) is 2.66. The van der Waals surface area contributed by atoms with E-state index < -0.39 is 0 Å². The van der Waals surface area contributed by atoms with Crippen LogP contribution in [0.2, 0.25) is 0 Å². The lowest BCUT2D eigenvalue weighted by Gasteiger charge is -2.38. The van der Waals surface area contributed by atoms with Gasteiger partial charge in [0.25, 0.3) is 0 Å². The molecule has 0 aromatic carbocycles. The van der Waals surface area contributed by atoms with Crippen molar-refractivity contribution in [1.29, 1.82) is 0 Å². The smallest absolute Gasteiger partial charge is 0.0599 e. The molecule has 2 heterocycles. The Morgan fingerprint density at radius 2 is 2.00 bits per heavy atom. The zero-order valence-electron chi connectivity index (χ0n) is 8.05. The fourth-order valence-corrected chi connectivity index (χ4v) is 2.40. The van der Waals surface area contributed by atoms with Gasteiger partial charge in [-0.05, 0) is 32.7 Å². The molecule has 2 nitrogen and oxygen atoms in total. The molecule has 2 fully saturated rings. The lowest BCUT2D eigenvalue weighted by atomic mass is 10.1. The molecule has 0 bridgehead atoms. The Labute approximate surface area is 75.3 Å². The van der Waals surface area contributed by atoms with E-state index in [1.165, 1.54) is 45.2 Å². The van der Waals surface area contributed by atoms with E-state index in [1.54, 1.807) is 0 Å². The molecule has 0 amide bonds. The van der Waals surface area contributed by atoms with Gasteiger partial charge in [-0.25, -0.2) is 0 Å². The van der Waals surface area contributed by atoms with Crippen LogP contribution < -0.4 is 5.32 Å². The van der Waals surface area contributed by atoms with E-state index in [0.29, 0.717) is 6.17 Å². The topological polar surface area (TPSA) is 15.3 Å². The van der Waals surface area contributed by atoms with Gasteiger partial charge in [-0.1, -0.05) is 12.8 Å². The van der Waals surface area contributed by atoms with Crippen molar-refractivity contribution in [2.24, 2.45) is 0 Å². The molecule has 2 aliphatic heterocycles. The van der Waals surface area contributed by atoms with Crippen LogP contribution in [0.15, 0.2) is 0 Å². The maximum atomic E-state index is 3.68. The van der Waals surface area contributed by atoms with Crippen molar-refractivity contribution in [3.05, 3.63) is 0 Å². The third kappa shape index (κ3) is 1.80. The molecule has 0 radical (unpaired) electrons. The van der Waals surface area contributed by atoms with Crippen molar-refractivity contribution in [3.8, 4) is 0 Å². The largest absolute Gasteiger partial charge is 0.299 e. The van der Waals surface area contributed by atoms with Gasteiger partial charge in [0.15, 0.2) is 0 Å². The van der Waals surface area contributed by atoms with E-state index >= 15 is 0 Å². The molecule has 1 unspecified atom stereocenters. The predicted molar refractivity (Wildman–Crippen MR) is 51.0 cm³/mol. The quantitative estimate of drug-likeness (QED) is 0.590. The molecule has 2 saturated heterocycles. The molecule has 0 aliphatic carbocycles. The number of nitrogens with zero attached hydrogens (tertiary/aromatic N) is 1. The molecule has 0 spiro atoms. The van der Waals surface area contributed by atoms with Crippen LogP contribution in [0.25, 0.3) is 0 Å². The number of nitrogens with one attached hydrogen (secondary N) is 1. The highest BCUT2D eigenvalue weighted by Gasteiger charge is 2.25. The summed E-state index contributed by atoms with van der Waals surface area (Å²) >= 11 is 0. The SMILES string of the molecule is C[C@@H]1CCN2CCCCCC2N1. The fraction of sp³-hybridized carbons (Fsp3) is 1.00. The van der Waals surface area contributed by atoms with Crippen LogP contribution in [0.1, 0.15) is 39.0 Å². The maximum Gasteiger partial charge on any atom is 0.0599 e. The second kappa shape index (κ2) is 3.75. The second-order valence-electron chi connectivity index (χ2n) is 4.26. The Morgan fingerprint density at radius 3 is 2.92 bits per heavy atom. The van der Waals surface area contributed by atoms with Gasteiger partial charge in [-0.15, -0.1) is 0 Å². The summed E-state index contributed by atoms with van der Waals surface area (Å²) in [4.78, 5) is 2.63. The summed E-state index contributed by atoms with van der Waals surface area (Å²) in [5, 5.41) is 3.68. The normalized spacial score (nSPS) is 38.8. The van der Waals surface area contributed by atoms with E-state index in [1.807, 2.05) is 0 Å². The van der Waals surface area contributed by atoms with Gasteiger partial charge in [-0.2, -0.15) is 0 Å². The third-order valence-electron chi connectivity index (χ3n) is 3.19. The molecule has 0 aromatic rings. The highest BCUT2D eigenvalue weighted by atomic mass is 15.3. The van der Waals surface area contributed by atoms with Crippen LogP contribution in [-0.2, 0) is 0 Å². The lowest BCUT2D eigenvalue weighted by Crippen LogP contribution is -2.54. The molecule has 2 heteroatoms. The first-order valence-corrected chi connectivity index (χ1v) is 5.36. The predicted octanol–water partition coefficient (Wildman–Crippen LogP) is 1.57. The van der Waals surface area contributed by atoms with Crippen LogP contribution in [0.5, 0.6) is 0 Å². The molecule has 12 heavy (non-hydrogen) atoms. The minimum absolute atomic E-state index is 0.705. The zero-order valence-corrected chi connectivity index (χ0v) is 8.05. The highest BCUT2D eigenvalue weighted by molar-refractivity contribution is 4.81. The molecule has 1 N–H and O–H groups in total. The third-order valence-corrected chi connectivity index (χ3v) is 3.19. The van der Waals surface area contributed by atoms with E-state index in [-0.39, 0.29) is 0 Å². The first-order valence-electron chi connectivity index (χ1n) is 5.36. The number of hydrogen-bond acceptors (Lipinski definition) is 2. The van der Waals surface area contributed by atoms with Crippen LogP contribution in [0.4, 0.5) is 0 Å². The first kappa shape index (κ1) is 8.52. The summed E-state index contributed by atoms with van der Waals surface area (Å²) in [6.45, 7) is 4.95. The molecule has 2 rings (SSSR count). The van der Waals surface area contributed by atoms with Gasteiger partial charge in [0.1, 0.15) is 0 Å². The zero-order chi connectivity index (χ0) is 8.39. The van der Waals surface area contributed by atoms with Gasteiger partial charge in [-0.3, -0.25) is 10.2 Å². The molecule has 70 valence electrons. The van der Waals surface area contributed by atoms with Gasteiger partial charge in [0.2, 0.25) is 0 Å². The van der Waals surface area contributed by atoms with Gasteiger partial charge in [0.05, 0.1) is 6.17 Å². The van der Waals surface area contributed by atoms with Crippen LogP contribution >= 0.6 is 0 Å². The molecular formula is C10H20N2. The van der Waals surface area contributed by atoms with Crippen molar-refractivity contribution in [2.45, 2.75) is 51.2 Å². The number of rotatable bonds is 0. The summed E-state index contributed by atoms with van der Waals surface area (Å²) in [5.41, 5.74) is 0. The van der Waals surface area contributed by atoms with Gasteiger partial charge in [0, 0.05) is 12.6 Å². The minimum atomic E-state index is 0.705. The standard InChI is InChI=1S/C10H20N2/c1-9-6-8-12-7-4-2-3-5-10(12)11-9/h9-11H,2-8H2,1H3/t9-,10?/m1/s1. The van der Waals surface area contributed by atoms with Crippen LogP contribution in [0.3, 0.4) is 0 Å². The summed E-state index contributed by atoms with van der Waals surface area (Å²) < 4.78 is 0. The Morgan fingerprint density at radius 1 is 1.08 bits per heavy atom. The first-order chi connectivity index (χ1) is 5.86. The Hall–Kier alpha value is -0.0800. The molecule has 2 atom stereocenters. The van der Waals surface area contributed by atoms with Crippen LogP contribution in [-0.4, -0.2) is 30.2 Å². The van der Waals surface area contributed by atoms with E-state index in [4.69, 9.17) is 0 Å². The summed E-state index contributed by atoms with van der Waals surface area (Å²) in [5.74, 6) is 0. The Balaban J connectivity index is 1.94. The molecule has 2 aliphatic rings. The van der Waals surface area contributed by atoms with E-state index in [9.17, 15) is 0 Å². The monoisotopic (exact) mass is 168 g/mol. The summed E-state index contributed by atoms with van der Waals surface area (Å²) in [7, 11) is 0. The molecule has 0 saturated carbocycles. The van der Waals surface area contributed by atoms with E-state index in [0.717, 1.165) is 6.04 Å². The number of fused-ring (bicyclic) bond motifs is 1. The Bertz CT molecular complexity index is 147. The molecular weight excluding hydrogens is 148 g/mol. The number of hydrogen-bond donors (Lipinski definition) is 1. The van der Waals surface area contributed by atoms with Crippen molar-refractivity contribution < 1.29 is 0 Å². The average molecular weight is 168 g/mol. The lowest BCUT2D eigenvalue weighted by molar-refractivity contribution is 0.110. The van der Waals surface area contributed by atoms with Crippen molar-refractivity contribution in [1.82, 2.24) is 10.2 Å². The van der Waals surface area contributed by atoms with Crippen molar-refractivity contribution in [3.63, 3.8) is 0 Å². The van der Waals surface area contributed by atoms with Gasteiger partial charge < -0.3 is 0 Å². The van der Waals surface area contributed by atoms with Crippen LogP contribution in [0, 0.1) is 0 Å². The van der Waals surface area contributed by atoms with Crippen molar-refractivity contribution >= 4 is 0 Å². The van der Waals surface area contributed by atoms with Gasteiger partial charge >= 0.3 is 0 Å². The van der Waals surface area contributed by atoms with Crippen molar-refractivity contribution in [2.75, 3.05) is 13.1 Å². The van der Waals surface area contributed by atoms with E-state index in [2.05, 4.69) is 17.1 Å². The average Bonchev–Trinajstić information content (AvgIpc) is 2.28. The summed E-state index contributed by atoms with van der Waals surface area (Å²) in [6, 6.07) is 0.740. The summed E-state index contributed by atoms with van der Waals surface area (Å²) in [6.07, 6.45) is 7.66. The second-order valence-corrected chi connectivity index (χ2v) is 4.26. The molecule has 0 aromatic heterocycles. The fourth-order valence-electron chi connectivity index (χ4n) is 2.40. The highest BCUT2D eigenvalue weighted by Crippen LogP contribution is 2.19. The maximum absolute atomic E-state index is 3.68. The minimum Gasteiger partial charge on any atom is -0.299 e.